The number of rotatable bonds is 7. The van der Waals surface area contributed by atoms with Crippen molar-refractivity contribution in [2.75, 3.05) is 11.6 Å². The number of thioether (sulfide) groups is 1. The van der Waals surface area contributed by atoms with E-state index >= 15 is 0 Å². The maximum atomic E-state index is 5.99. The van der Waals surface area contributed by atoms with E-state index in [2.05, 4.69) is 42.8 Å². The van der Waals surface area contributed by atoms with Crippen LogP contribution < -0.4 is 10.6 Å². The Kier molecular flexibility index (Phi) is 5.49. The molecule has 0 bridgehead atoms. The van der Waals surface area contributed by atoms with Gasteiger partial charge in [0.1, 0.15) is 12.4 Å². The molecule has 0 spiro atoms. The number of aromatic nitrogens is 3. The lowest BCUT2D eigenvalue weighted by Gasteiger charge is -2.14. The molecule has 1 aromatic carbocycles. The quantitative estimate of drug-likeness (QED) is 0.482. The topological polar surface area (TPSA) is 66.0 Å². The van der Waals surface area contributed by atoms with E-state index in [-0.39, 0.29) is 0 Å². The molecule has 0 atom stereocenters. The van der Waals surface area contributed by atoms with Crippen molar-refractivity contribution in [3.63, 3.8) is 0 Å². The summed E-state index contributed by atoms with van der Waals surface area (Å²) in [7, 11) is 0. The molecular formula is C16H22N4OS. The van der Waals surface area contributed by atoms with Gasteiger partial charge in [0.15, 0.2) is 5.82 Å². The summed E-state index contributed by atoms with van der Waals surface area (Å²) >= 11 is 1.49. The van der Waals surface area contributed by atoms with E-state index in [9.17, 15) is 0 Å². The summed E-state index contributed by atoms with van der Waals surface area (Å²) in [6, 6.07) is 6.24. The fourth-order valence-corrected chi connectivity index (χ4v) is 2.63. The maximum absolute atomic E-state index is 5.99. The van der Waals surface area contributed by atoms with Crippen LogP contribution in [0, 0.1) is 6.92 Å². The first kappa shape index (κ1) is 16.4. The van der Waals surface area contributed by atoms with E-state index in [4.69, 9.17) is 10.6 Å². The van der Waals surface area contributed by atoms with Crippen LogP contribution in [0.15, 0.2) is 36.0 Å². The fraction of sp³-hybridized carbons (Fsp3) is 0.375. The number of nitrogens with zero attached hydrogens (tertiary/aromatic N) is 3. The van der Waals surface area contributed by atoms with Gasteiger partial charge in [0, 0.05) is 5.75 Å². The highest BCUT2D eigenvalue weighted by molar-refractivity contribution is 7.99. The zero-order chi connectivity index (χ0) is 16.1. The fourth-order valence-electron chi connectivity index (χ4n) is 2.02. The van der Waals surface area contributed by atoms with Crippen LogP contribution >= 0.6 is 11.8 Å². The Morgan fingerprint density at radius 1 is 1.41 bits per heavy atom. The first-order valence-corrected chi connectivity index (χ1v) is 8.18. The second-order valence-electron chi connectivity index (χ2n) is 5.35. The van der Waals surface area contributed by atoms with Crippen molar-refractivity contribution in [2.45, 2.75) is 38.5 Å². The van der Waals surface area contributed by atoms with Gasteiger partial charge in [-0.25, -0.2) is 4.68 Å². The Bertz CT molecular complexity index is 652. The van der Waals surface area contributed by atoms with Gasteiger partial charge in [0.05, 0.1) is 0 Å². The van der Waals surface area contributed by atoms with Gasteiger partial charge >= 0.3 is 0 Å². The number of nitrogen functional groups attached to an aromatic ring is 1. The molecule has 1 heterocycles. The summed E-state index contributed by atoms with van der Waals surface area (Å²) in [5.41, 5.74) is 2.34. The number of hydrogen-bond acceptors (Lipinski definition) is 5. The van der Waals surface area contributed by atoms with Crippen LogP contribution in [0.1, 0.15) is 36.7 Å². The summed E-state index contributed by atoms with van der Waals surface area (Å²) in [6.45, 7) is 10.3. The normalized spacial score (nSPS) is 10.9. The Morgan fingerprint density at radius 3 is 2.86 bits per heavy atom. The number of aryl methyl sites for hydroxylation is 1. The molecule has 5 nitrogen and oxygen atoms in total. The molecule has 0 saturated heterocycles. The monoisotopic (exact) mass is 318 g/mol. The average Bonchev–Trinajstić information content (AvgIpc) is 2.83. The molecule has 2 N–H and O–H groups in total. The summed E-state index contributed by atoms with van der Waals surface area (Å²) in [4.78, 5) is 0. The van der Waals surface area contributed by atoms with Crippen molar-refractivity contribution in [1.29, 1.82) is 0 Å². The number of nitrogens with two attached hydrogens (primary N) is 1. The SMILES string of the molecule is C=CCSc1nnc(COc2cc(C)ccc2C(C)C)n1N. The smallest absolute Gasteiger partial charge is 0.210 e. The van der Waals surface area contributed by atoms with Crippen molar-refractivity contribution in [3.8, 4) is 5.75 Å². The molecule has 118 valence electrons. The highest BCUT2D eigenvalue weighted by Gasteiger charge is 2.13. The first-order valence-electron chi connectivity index (χ1n) is 7.19. The Balaban J connectivity index is 2.12. The van der Waals surface area contributed by atoms with E-state index in [1.807, 2.05) is 13.0 Å². The van der Waals surface area contributed by atoms with Crippen LogP contribution in [-0.4, -0.2) is 20.6 Å². The number of benzene rings is 1. The molecule has 6 heteroatoms. The van der Waals surface area contributed by atoms with Crippen LogP contribution in [-0.2, 0) is 6.61 Å². The zero-order valence-corrected chi connectivity index (χ0v) is 14.1. The van der Waals surface area contributed by atoms with Crippen LogP contribution in [0.4, 0.5) is 0 Å². The molecule has 0 radical (unpaired) electrons. The molecule has 0 aliphatic carbocycles. The Labute approximate surface area is 135 Å². The lowest BCUT2D eigenvalue weighted by atomic mass is 10.0. The molecule has 2 rings (SSSR count). The molecule has 22 heavy (non-hydrogen) atoms. The third kappa shape index (κ3) is 3.82. The van der Waals surface area contributed by atoms with Crippen molar-refractivity contribution in [3.05, 3.63) is 47.8 Å². The standard InChI is InChI=1S/C16H22N4OS/c1-5-8-22-16-19-18-15(20(16)17)10-21-14-9-12(4)6-7-13(14)11(2)3/h5-7,9,11H,1,8,10,17H2,2-4H3. The van der Waals surface area contributed by atoms with Gasteiger partial charge in [0.25, 0.3) is 0 Å². The van der Waals surface area contributed by atoms with Gasteiger partial charge < -0.3 is 10.6 Å². The summed E-state index contributed by atoms with van der Waals surface area (Å²) in [5, 5.41) is 8.81. The minimum absolute atomic E-state index is 0.293. The van der Waals surface area contributed by atoms with E-state index < -0.39 is 0 Å². The highest BCUT2D eigenvalue weighted by Crippen LogP contribution is 2.28. The second kappa shape index (κ2) is 7.35. The van der Waals surface area contributed by atoms with Gasteiger partial charge in [-0.1, -0.05) is 43.8 Å². The molecule has 0 aliphatic heterocycles. The van der Waals surface area contributed by atoms with Crippen molar-refractivity contribution in [2.24, 2.45) is 0 Å². The van der Waals surface area contributed by atoms with Gasteiger partial charge in [-0.05, 0) is 30.0 Å². The molecule has 0 amide bonds. The van der Waals surface area contributed by atoms with E-state index in [0.29, 0.717) is 23.5 Å². The third-order valence-electron chi connectivity index (χ3n) is 3.21. The summed E-state index contributed by atoms with van der Waals surface area (Å²) in [6.07, 6.45) is 1.80. The average molecular weight is 318 g/mol. The molecule has 0 fully saturated rings. The minimum atomic E-state index is 0.293. The Morgan fingerprint density at radius 2 is 2.18 bits per heavy atom. The highest BCUT2D eigenvalue weighted by atomic mass is 32.2. The third-order valence-corrected chi connectivity index (χ3v) is 4.15. The van der Waals surface area contributed by atoms with Crippen LogP contribution in [0.3, 0.4) is 0 Å². The molecule has 0 unspecified atom stereocenters. The summed E-state index contributed by atoms with van der Waals surface area (Å²) < 4.78 is 7.40. The molecule has 0 saturated carbocycles. The van der Waals surface area contributed by atoms with E-state index in [1.54, 1.807) is 6.08 Å². The van der Waals surface area contributed by atoms with Crippen molar-refractivity contribution >= 4 is 11.8 Å². The predicted octanol–water partition coefficient (Wildman–Crippen LogP) is 3.28. The first-order chi connectivity index (χ1) is 10.5. The van der Waals surface area contributed by atoms with E-state index in [0.717, 1.165) is 17.1 Å². The zero-order valence-electron chi connectivity index (χ0n) is 13.2. The largest absolute Gasteiger partial charge is 0.485 e. The Hall–Kier alpha value is -1.95. The number of hydrogen-bond donors (Lipinski definition) is 1. The lowest BCUT2D eigenvalue weighted by Crippen LogP contribution is -2.16. The van der Waals surface area contributed by atoms with Crippen molar-refractivity contribution < 1.29 is 4.74 Å². The lowest BCUT2D eigenvalue weighted by molar-refractivity contribution is 0.287. The second-order valence-corrected chi connectivity index (χ2v) is 6.34. The minimum Gasteiger partial charge on any atom is -0.485 e. The van der Waals surface area contributed by atoms with Crippen LogP contribution in [0.25, 0.3) is 0 Å². The van der Waals surface area contributed by atoms with Gasteiger partial charge in [-0.3, -0.25) is 0 Å². The van der Waals surface area contributed by atoms with Gasteiger partial charge in [-0.2, -0.15) is 0 Å². The van der Waals surface area contributed by atoms with E-state index in [1.165, 1.54) is 22.0 Å². The van der Waals surface area contributed by atoms with Crippen molar-refractivity contribution in [1.82, 2.24) is 14.9 Å². The molecule has 1 aromatic heterocycles. The van der Waals surface area contributed by atoms with Gasteiger partial charge in [-0.15, -0.1) is 16.8 Å². The molecule has 0 aliphatic rings. The predicted molar refractivity (Wildman–Crippen MR) is 90.7 cm³/mol. The molecule has 2 aromatic rings. The van der Waals surface area contributed by atoms with Crippen LogP contribution in [0.2, 0.25) is 0 Å². The van der Waals surface area contributed by atoms with Gasteiger partial charge in [0.2, 0.25) is 5.16 Å². The molecular weight excluding hydrogens is 296 g/mol. The number of ether oxygens (including phenoxy) is 1. The summed E-state index contributed by atoms with van der Waals surface area (Å²) in [5.74, 6) is 8.60. The van der Waals surface area contributed by atoms with Crippen LogP contribution in [0.5, 0.6) is 5.75 Å². The maximum Gasteiger partial charge on any atom is 0.210 e.